The SMILES string of the molecule is CCCC(CN)c1nc2c(C)cc(C)cc2[nH]1. The van der Waals surface area contributed by atoms with E-state index in [1.54, 1.807) is 0 Å². The largest absolute Gasteiger partial charge is 0.342 e. The Hall–Kier alpha value is -1.35. The maximum Gasteiger partial charge on any atom is 0.111 e. The van der Waals surface area contributed by atoms with Crippen molar-refractivity contribution in [3.63, 3.8) is 0 Å². The Morgan fingerprint density at radius 3 is 2.76 bits per heavy atom. The Morgan fingerprint density at radius 1 is 1.35 bits per heavy atom. The standard InChI is InChI=1S/C14H21N3/c1-4-5-11(8-15)14-16-12-7-9(2)6-10(3)13(12)17-14/h6-7,11H,4-5,8,15H2,1-3H3,(H,16,17). The van der Waals surface area contributed by atoms with Crippen LogP contribution in [-0.2, 0) is 0 Å². The van der Waals surface area contributed by atoms with Gasteiger partial charge < -0.3 is 10.7 Å². The van der Waals surface area contributed by atoms with Gasteiger partial charge in [0.05, 0.1) is 11.0 Å². The van der Waals surface area contributed by atoms with E-state index in [1.807, 2.05) is 0 Å². The maximum atomic E-state index is 5.82. The van der Waals surface area contributed by atoms with Crippen LogP contribution in [0.5, 0.6) is 0 Å². The van der Waals surface area contributed by atoms with Crippen molar-refractivity contribution < 1.29 is 0 Å². The van der Waals surface area contributed by atoms with Crippen LogP contribution >= 0.6 is 0 Å². The molecule has 1 aromatic carbocycles. The molecule has 0 amide bonds. The second-order valence-electron chi connectivity index (χ2n) is 4.82. The van der Waals surface area contributed by atoms with Crippen LogP contribution in [0.15, 0.2) is 12.1 Å². The lowest BCUT2D eigenvalue weighted by atomic mass is 10.0. The summed E-state index contributed by atoms with van der Waals surface area (Å²) in [6.07, 6.45) is 2.23. The van der Waals surface area contributed by atoms with Crippen LogP contribution in [0.4, 0.5) is 0 Å². The van der Waals surface area contributed by atoms with Crippen LogP contribution in [-0.4, -0.2) is 16.5 Å². The first-order valence-corrected chi connectivity index (χ1v) is 6.32. The van der Waals surface area contributed by atoms with Crippen LogP contribution in [0.3, 0.4) is 0 Å². The Morgan fingerprint density at radius 2 is 2.12 bits per heavy atom. The first-order chi connectivity index (χ1) is 8.15. The second kappa shape index (κ2) is 4.88. The summed E-state index contributed by atoms with van der Waals surface area (Å²) in [6.45, 7) is 7.06. The molecule has 0 aliphatic carbocycles. The van der Waals surface area contributed by atoms with Gasteiger partial charge in [-0.3, -0.25) is 0 Å². The minimum Gasteiger partial charge on any atom is -0.342 e. The van der Waals surface area contributed by atoms with E-state index >= 15 is 0 Å². The Kier molecular flexibility index (Phi) is 3.48. The highest BCUT2D eigenvalue weighted by Gasteiger charge is 2.14. The van der Waals surface area contributed by atoms with E-state index in [1.165, 1.54) is 11.1 Å². The molecule has 0 saturated carbocycles. The third-order valence-corrected chi connectivity index (χ3v) is 3.25. The van der Waals surface area contributed by atoms with Crippen molar-refractivity contribution in [1.82, 2.24) is 9.97 Å². The first-order valence-electron chi connectivity index (χ1n) is 6.32. The van der Waals surface area contributed by atoms with Gasteiger partial charge in [-0.1, -0.05) is 19.4 Å². The fourth-order valence-electron chi connectivity index (χ4n) is 2.40. The van der Waals surface area contributed by atoms with E-state index in [0.717, 1.165) is 29.7 Å². The molecule has 1 aromatic heterocycles. The Balaban J connectivity index is 2.46. The minimum atomic E-state index is 0.354. The normalized spacial score (nSPS) is 13.2. The molecule has 1 heterocycles. The fourth-order valence-corrected chi connectivity index (χ4v) is 2.40. The molecule has 0 saturated heterocycles. The molecule has 0 radical (unpaired) electrons. The zero-order valence-corrected chi connectivity index (χ0v) is 10.9. The molecular formula is C14H21N3. The molecule has 3 nitrogen and oxygen atoms in total. The van der Waals surface area contributed by atoms with E-state index in [0.29, 0.717) is 12.5 Å². The number of H-pyrrole nitrogens is 1. The molecule has 2 aromatic rings. The number of nitrogens with zero attached hydrogens (tertiary/aromatic N) is 1. The van der Waals surface area contributed by atoms with Gasteiger partial charge in [0.15, 0.2) is 0 Å². The van der Waals surface area contributed by atoms with Crippen LogP contribution in [0.25, 0.3) is 11.0 Å². The van der Waals surface area contributed by atoms with Crippen molar-refractivity contribution in [2.75, 3.05) is 6.54 Å². The van der Waals surface area contributed by atoms with Gasteiger partial charge in [-0.25, -0.2) is 4.98 Å². The summed E-state index contributed by atoms with van der Waals surface area (Å²) < 4.78 is 0. The number of aromatic amines is 1. The van der Waals surface area contributed by atoms with Crippen molar-refractivity contribution in [3.05, 3.63) is 29.1 Å². The first kappa shape index (κ1) is 12.1. The van der Waals surface area contributed by atoms with Gasteiger partial charge in [-0.15, -0.1) is 0 Å². The number of rotatable bonds is 4. The predicted octanol–water partition coefficient (Wildman–Crippen LogP) is 3.02. The molecule has 17 heavy (non-hydrogen) atoms. The molecule has 3 N–H and O–H groups in total. The number of imidazole rings is 1. The van der Waals surface area contributed by atoms with Crippen molar-refractivity contribution >= 4 is 11.0 Å². The smallest absolute Gasteiger partial charge is 0.111 e. The highest BCUT2D eigenvalue weighted by molar-refractivity contribution is 5.79. The summed E-state index contributed by atoms with van der Waals surface area (Å²) in [7, 11) is 0. The van der Waals surface area contributed by atoms with Gasteiger partial charge in [-0.05, 0) is 37.5 Å². The number of fused-ring (bicyclic) bond motifs is 1. The van der Waals surface area contributed by atoms with Crippen LogP contribution in [0.1, 0.15) is 42.6 Å². The Bertz CT molecular complexity index is 513. The van der Waals surface area contributed by atoms with Gasteiger partial charge in [0.2, 0.25) is 0 Å². The molecule has 3 heteroatoms. The highest BCUT2D eigenvalue weighted by Crippen LogP contribution is 2.23. The molecule has 0 spiro atoms. The number of nitrogens with two attached hydrogens (primary N) is 1. The van der Waals surface area contributed by atoms with E-state index in [2.05, 4.69) is 37.9 Å². The number of hydrogen-bond donors (Lipinski definition) is 2. The number of nitrogens with one attached hydrogen (secondary N) is 1. The number of benzene rings is 1. The molecule has 1 atom stereocenters. The van der Waals surface area contributed by atoms with Crippen LogP contribution in [0.2, 0.25) is 0 Å². The van der Waals surface area contributed by atoms with Gasteiger partial charge >= 0.3 is 0 Å². The lowest BCUT2D eigenvalue weighted by Gasteiger charge is -2.09. The Labute approximate surface area is 102 Å². The highest BCUT2D eigenvalue weighted by atomic mass is 14.9. The molecule has 1 unspecified atom stereocenters. The zero-order chi connectivity index (χ0) is 12.4. The molecule has 92 valence electrons. The lowest BCUT2D eigenvalue weighted by Crippen LogP contribution is -2.13. The van der Waals surface area contributed by atoms with E-state index in [4.69, 9.17) is 10.7 Å². The maximum absolute atomic E-state index is 5.82. The van der Waals surface area contributed by atoms with Crippen molar-refractivity contribution in [3.8, 4) is 0 Å². The van der Waals surface area contributed by atoms with Gasteiger partial charge in [0, 0.05) is 12.5 Å². The molecule has 0 bridgehead atoms. The number of aryl methyl sites for hydroxylation is 2. The van der Waals surface area contributed by atoms with Crippen LogP contribution in [0, 0.1) is 13.8 Å². The predicted molar refractivity (Wildman–Crippen MR) is 72.3 cm³/mol. The van der Waals surface area contributed by atoms with Gasteiger partial charge in [0.1, 0.15) is 5.82 Å². The van der Waals surface area contributed by atoms with Crippen molar-refractivity contribution in [2.24, 2.45) is 5.73 Å². The van der Waals surface area contributed by atoms with Gasteiger partial charge in [-0.2, -0.15) is 0 Å². The van der Waals surface area contributed by atoms with Crippen LogP contribution < -0.4 is 5.73 Å². The number of aromatic nitrogens is 2. The lowest BCUT2D eigenvalue weighted by molar-refractivity contribution is 0.596. The number of hydrogen-bond acceptors (Lipinski definition) is 2. The summed E-state index contributed by atoms with van der Waals surface area (Å²) in [5.41, 5.74) is 10.5. The molecular weight excluding hydrogens is 210 g/mol. The summed E-state index contributed by atoms with van der Waals surface area (Å²) in [5.74, 6) is 1.39. The second-order valence-corrected chi connectivity index (χ2v) is 4.82. The van der Waals surface area contributed by atoms with Crippen molar-refractivity contribution in [2.45, 2.75) is 39.5 Å². The topological polar surface area (TPSA) is 54.7 Å². The fraction of sp³-hybridized carbons (Fsp3) is 0.500. The average Bonchev–Trinajstić information content (AvgIpc) is 2.69. The summed E-state index contributed by atoms with van der Waals surface area (Å²) in [5, 5.41) is 0. The van der Waals surface area contributed by atoms with Crippen molar-refractivity contribution in [1.29, 1.82) is 0 Å². The van der Waals surface area contributed by atoms with E-state index in [9.17, 15) is 0 Å². The van der Waals surface area contributed by atoms with E-state index in [-0.39, 0.29) is 0 Å². The third kappa shape index (κ3) is 2.34. The summed E-state index contributed by atoms with van der Waals surface area (Å²) in [4.78, 5) is 8.13. The zero-order valence-electron chi connectivity index (χ0n) is 10.9. The monoisotopic (exact) mass is 231 g/mol. The van der Waals surface area contributed by atoms with E-state index < -0.39 is 0 Å². The molecule has 0 fully saturated rings. The third-order valence-electron chi connectivity index (χ3n) is 3.25. The van der Waals surface area contributed by atoms with Gasteiger partial charge in [0.25, 0.3) is 0 Å². The molecule has 2 rings (SSSR count). The minimum absolute atomic E-state index is 0.354. The molecule has 0 aliphatic heterocycles. The quantitative estimate of drug-likeness (QED) is 0.849. The molecule has 0 aliphatic rings. The summed E-state index contributed by atoms with van der Waals surface area (Å²) in [6, 6.07) is 4.32. The summed E-state index contributed by atoms with van der Waals surface area (Å²) >= 11 is 0. The average molecular weight is 231 g/mol.